The van der Waals surface area contributed by atoms with Crippen LogP contribution in [0.3, 0.4) is 0 Å². The Morgan fingerprint density at radius 3 is 1.55 bits per heavy atom. The molecule has 0 bridgehead atoms. The highest BCUT2D eigenvalue weighted by molar-refractivity contribution is 7.43. The Morgan fingerprint density at radius 1 is 0.553 bits per heavy atom. The van der Waals surface area contributed by atoms with Crippen LogP contribution < -0.4 is 13.6 Å². The van der Waals surface area contributed by atoms with E-state index >= 15 is 0 Å². The third kappa shape index (κ3) is 9.05. The molecule has 3 rings (SSSR count). The first-order valence-electron chi connectivity index (χ1n) is 14.2. The molecule has 0 aliphatic heterocycles. The van der Waals surface area contributed by atoms with Crippen LogP contribution in [0.4, 0.5) is 0 Å². The van der Waals surface area contributed by atoms with Gasteiger partial charge in [0.1, 0.15) is 17.2 Å². The van der Waals surface area contributed by atoms with Crippen molar-refractivity contribution in [2.75, 3.05) is 0 Å². The molecular formula is C34H47O3P. The van der Waals surface area contributed by atoms with Crippen LogP contribution in [0.1, 0.15) is 104 Å². The highest BCUT2D eigenvalue weighted by atomic mass is 31.2. The molecule has 0 heterocycles. The normalized spacial score (nSPS) is 12.0. The highest BCUT2D eigenvalue weighted by Gasteiger charge is 2.33. The number of hydrogen-bond acceptors (Lipinski definition) is 3. The lowest BCUT2D eigenvalue weighted by Crippen LogP contribution is -2.25. The van der Waals surface area contributed by atoms with Crippen LogP contribution in [0.25, 0.3) is 0 Å². The van der Waals surface area contributed by atoms with Gasteiger partial charge in [0.25, 0.3) is 0 Å². The zero-order chi connectivity index (χ0) is 27.6. The molecule has 0 aliphatic rings. The Hall–Kier alpha value is -2.51. The number of unbranched alkanes of at least 4 members (excludes halogenated alkanes) is 5. The average Bonchev–Trinajstić information content (AvgIpc) is 2.86. The summed E-state index contributed by atoms with van der Waals surface area (Å²) >= 11 is 0. The third-order valence-electron chi connectivity index (χ3n) is 6.57. The van der Waals surface area contributed by atoms with E-state index < -0.39 is 8.60 Å². The molecule has 0 amide bonds. The molecule has 0 saturated heterocycles. The fraction of sp³-hybridized carbons (Fsp3) is 0.471. The van der Waals surface area contributed by atoms with Crippen LogP contribution in [0, 0.1) is 0 Å². The Labute approximate surface area is 232 Å². The minimum atomic E-state index is -1.73. The Kier molecular flexibility index (Phi) is 11.1. The molecule has 3 aromatic rings. The molecule has 3 aromatic carbocycles. The largest absolute Gasteiger partial charge is 0.530 e. The van der Waals surface area contributed by atoms with Crippen molar-refractivity contribution in [3.8, 4) is 17.2 Å². The first kappa shape index (κ1) is 30.0. The molecule has 0 aliphatic carbocycles. The Bertz CT molecular complexity index is 1060. The minimum Gasteiger partial charge on any atom is -0.409 e. The molecule has 0 aromatic heterocycles. The summed E-state index contributed by atoms with van der Waals surface area (Å²) in [6.07, 6.45) is 8.89. The summed E-state index contributed by atoms with van der Waals surface area (Å²) in [4.78, 5) is 0. The van der Waals surface area contributed by atoms with Gasteiger partial charge < -0.3 is 13.6 Å². The van der Waals surface area contributed by atoms with Crippen LogP contribution in [0.15, 0.2) is 72.8 Å². The molecule has 206 valence electrons. The second-order valence-electron chi connectivity index (χ2n) is 12.1. The van der Waals surface area contributed by atoms with Crippen LogP contribution in [0.2, 0.25) is 0 Å². The first-order valence-corrected chi connectivity index (χ1v) is 15.3. The van der Waals surface area contributed by atoms with E-state index in [1.165, 1.54) is 55.2 Å². The van der Waals surface area contributed by atoms with E-state index in [4.69, 9.17) is 13.6 Å². The van der Waals surface area contributed by atoms with Crippen molar-refractivity contribution in [1.82, 2.24) is 0 Å². The summed E-state index contributed by atoms with van der Waals surface area (Å²) in [5, 5.41) is 0. The molecule has 3 nitrogen and oxygen atoms in total. The summed E-state index contributed by atoms with van der Waals surface area (Å²) in [6.45, 7) is 16.0. The maximum atomic E-state index is 6.66. The van der Waals surface area contributed by atoms with Gasteiger partial charge in [-0.25, -0.2) is 0 Å². The van der Waals surface area contributed by atoms with Crippen LogP contribution in [0.5, 0.6) is 17.2 Å². The van der Waals surface area contributed by atoms with Gasteiger partial charge in [-0.15, -0.1) is 0 Å². The molecule has 38 heavy (non-hydrogen) atoms. The molecule has 4 heteroatoms. The van der Waals surface area contributed by atoms with Gasteiger partial charge in [-0.1, -0.05) is 123 Å². The molecular weight excluding hydrogens is 487 g/mol. The summed E-state index contributed by atoms with van der Waals surface area (Å²) in [7, 11) is -1.73. The third-order valence-corrected chi connectivity index (χ3v) is 7.64. The Balaban J connectivity index is 1.96. The highest BCUT2D eigenvalue weighted by Crippen LogP contribution is 2.48. The minimum absolute atomic E-state index is 0.0249. The molecule has 0 spiro atoms. The van der Waals surface area contributed by atoms with Crippen molar-refractivity contribution >= 4 is 8.60 Å². The van der Waals surface area contributed by atoms with Crippen molar-refractivity contribution in [2.24, 2.45) is 0 Å². The van der Waals surface area contributed by atoms with Crippen molar-refractivity contribution in [2.45, 2.75) is 104 Å². The topological polar surface area (TPSA) is 27.7 Å². The van der Waals surface area contributed by atoms with E-state index in [0.717, 1.165) is 23.7 Å². The average molecular weight is 535 g/mol. The van der Waals surface area contributed by atoms with Crippen LogP contribution in [-0.4, -0.2) is 0 Å². The Morgan fingerprint density at radius 2 is 1.05 bits per heavy atom. The number of hydrogen-bond donors (Lipinski definition) is 0. The second kappa shape index (κ2) is 14.0. The van der Waals surface area contributed by atoms with Gasteiger partial charge in [-0.2, -0.15) is 0 Å². The number of aryl methyl sites for hydroxylation is 1. The summed E-state index contributed by atoms with van der Waals surface area (Å²) < 4.78 is 19.2. The van der Waals surface area contributed by atoms with Gasteiger partial charge >= 0.3 is 8.60 Å². The summed E-state index contributed by atoms with van der Waals surface area (Å²) in [6, 6.07) is 23.9. The van der Waals surface area contributed by atoms with E-state index in [9.17, 15) is 0 Å². The number of para-hydroxylation sites is 2. The van der Waals surface area contributed by atoms with Gasteiger partial charge in [-0.3, -0.25) is 0 Å². The van der Waals surface area contributed by atoms with Crippen LogP contribution >= 0.6 is 8.60 Å². The van der Waals surface area contributed by atoms with Gasteiger partial charge in [0.15, 0.2) is 0 Å². The van der Waals surface area contributed by atoms with Crippen LogP contribution in [-0.2, 0) is 17.3 Å². The lowest BCUT2D eigenvalue weighted by molar-refractivity contribution is 0.380. The lowest BCUT2D eigenvalue weighted by atomic mass is 9.72. The van der Waals surface area contributed by atoms with Gasteiger partial charge in [0.2, 0.25) is 0 Å². The van der Waals surface area contributed by atoms with E-state index in [-0.39, 0.29) is 10.8 Å². The van der Waals surface area contributed by atoms with Crippen molar-refractivity contribution < 1.29 is 13.6 Å². The quantitative estimate of drug-likeness (QED) is 0.161. The summed E-state index contributed by atoms with van der Waals surface area (Å²) in [5.74, 6) is 2.29. The SMILES string of the molecule is CCCCCCCCc1ccc(OP(Oc2ccccc2)Oc2ccccc2)c(C(C)(C)C)c1C(C)(C)C. The van der Waals surface area contributed by atoms with Gasteiger partial charge in [0, 0.05) is 5.56 Å². The van der Waals surface area contributed by atoms with Crippen molar-refractivity contribution in [1.29, 1.82) is 0 Å². The molecule has 0 radical (unpaired) electrons. The van der Waals surface area contributed by atoms with E-state index in [2.05, 4.69) is 60.6 Å². The predicted octanol–water partition coefficient (Wildman–Crippen LogP) is 10.9. The molecule has 0 fully saturated rings. The van der Waals surface area contributed by atoms with E-state index in [0.29, 0.717) is 0 Å². The number of rotatable bonds is 13. The fourth-order valence-corrected chi connectivity index (χ4v) is 5.89. The molecule has 0 N–H and O–H groups in total. The molecule has 0 saturated carbocycles. The maximum absolute atomic E-state index is 6.66. The molecule has 0 unspecified atom stereocenters. The number of benzene rings is 3. The first-order chi connectivity index (χ1) is 18.1. The smallest absolute Gasteiger partial charge is 0.409 e. The van der Waals surface area contributed by atoms with Gasteiger partial charge in [-0.05, 0) is 65.1 Å². The predicted molar refractivity (Wildman–Crippen MR) is 163 cm³/mol. The zero-order valence-corrected chi connectivity index (χ0v) is 25.4. The fourth-order valence-electron chi connectivity index (χ4n) is 4.88. The van der Waals surface area contributed by atoms with Gasteiger partial charge in [0.05, 0.1) is 0 Å². The standard InChI is InChI=1S/C34H47O3P/c1-8-9-10-11-12-15-20-27-25-26-30(32(34(5,6)7)31(27)33(2,3)4)37-38(35-28-21-16-13-17-22-28)36-29-23-18-14-19-24-29/h13-14,16-19,21-26H,8-12,15,20H2,1-7H3. The second-order valence-corrected chi connectivity index (χ2v) is 13.1. The lowest BCUT2D eigenvalue weighted by Gasteiger charge is -2.34. The zero-order valence-electron chi connectivity index (χ0n) is 24.5. The van der Waals surface area contributed by atoms with Crippen molar-refractivity contribution in [3.05, 3.63) is 89.5 Å². The monoisotopic (exact) mass is 534 g/mol. The van der Waals surface area contributed by atoms with Crippen molar-refractivity contribution in [3.63, 3.8) is 0 Å². The van der Waals surface area contributed by atoms with E-state index in [1.54, 1.807) is 0 Å². The summed E-state index contributed by atoms with van der Waals surface area (Å²) in [5.41, 5.74) is 3.93. The van der Waals surface area contributed by atoms with E-state index in [1.807, 2.05) is 60.7 Å². The molecule has 0 atom stereocenters. The maximum Gasteiger partial charge on any atom is 0.530 e.